The van der Waals surface area contributed by atoms with Crippen molar-refractivity contribution >= 4 is 45.4 Å². The Morgan fingerprint density at radius 2 is 2.19 bits per heavy atom. The van der Waals surface area contributed by atoms with E-state index in [1.807, 2.05) is 0 Å². The number of nitrogens with two attached hydrogens (primary N) is 1. The molecule has 2 fully saturated rings. The van der Waals surface area contributed by atoms with Gasteiger partial charge in [-0.2, -0.15) is 4.98 Å². The number of ether oxygens (including phenoxy) is 1. The lowest BCUT2D eigenvalue weighted by Crippen LogP contribution is -2.30. The second-order valence-electron chi connectivity index (χ2n) is 6.34. The molecule has 1 aliphatic carbocycles. The number of thioether (sulfide) groups is 1. The van der Waals surface area contributed by atoms with Gasteiger partial charge >= 0.3 is 10.8 Å². The Morgan fingerprint density at radius 3 is 2.85 bits per heavy atom. The number of carbonyl (C=O) groups is 1. The molecular formula is C14H16N4O6S2. The number of nitrogen functional groups attached to an aromatic ring is 1. The molecule has 2 aliphatic rings. The molecule has 1 aliphatic heterocycles. The van der Waals surface area contributed by atoms with E-state index in [2.05, 4.69) is 9.97 Å². The van der Waals surface area contributed by atoms with Crippen LogP contribution in [0.5, 0.6) is 0 Å². The van der Waals surface area contributed by atoms with Crippen LogP contribution in [0.2, 0.25) is 0 Å². The Balaban J connectivity index is 1.77. The van der Waals surface area contributed by atoms with Crippen LogP contribution in [0.1, 0.15) is 25.5 Å². The van der Waals surface area contributed by atoms with E-state index in [9.17, 15) is 24.6 Å². The second kappa shape index (κ2) is 6.37. The van der Waals surface area contributed by atoms with Crippen molar-refractivity contribution in [1.29, 1.82) is 0 Å². The monoisotopic (exact) mass is 400 g/mol. The minimum absolute atomic E-state index is 0.0591. The van der Waals surface area contributed by atoms with E-state index >= 15 is 0 Å². The van der Waals surface area contributed by atoms with Gasteiger partial charge in [0.15, 0.2) is 11.9 Å². The fraction of sp³-hybridized carbons (Fsp3) is 0.571. The van der Waals surface area contributed by atoms with Crippen molar-refractivity contribution in [2.24, 2.45) is 5.92 Å². The summed E-state index contributed by atoms with van der Waals surface area (Å²) in [6.07, 6.45) is -0.159. The van der Waals surface area contributed by atoms with Gasteiger partial charge in [0, 0.05) is 0 Å². The van der Waals surface area contributed by atoms with Gasteiger partial charge in [0.2, 0.25) is 5.95 Å². The first-order valence-corrected chi connectivity index (χ1v) is 9.72. The zero-order valence-electron chi connectivity index (χ0n) is 13.3. The number of hydrogen-bond acceptors (Lipinski definition) is 9. The summed E-state index contributed by atoms with van der Waals surface area (Å²) in [5.74, 6) is -1.07. The standard InChI is InChI=1S/C14H16N4O6S2/c15-13-16-9-8(10(22)17-13)26-14(23)18(9)11-5(3-6(19)20)25-12(24-11)7(21)4-1-2-4/h4-5,7,11-12,21H,1-3H2,(H,19,20)(H3,15,16,17,22)/t5?,7-,11?,12?/m0/s1. The van der Waals surface area contributed by atoms with Crippen LogP contribution < -0.4 is 16.2 Å². The summed E-state index contributed by atoms with van der Waals surface area (Å²) in [6, 6.07) is 0. The number of nitrogens with zero attached hydrogens (tertiary/aromatic N) is 2. The number of fused-ring (bicyclic) bond motifs is 1. The van der Waals surface area contributed by atoms with E-state index in [1.165, 1.54) is 16.3 Å². The average Bonchev–Trinajstić information content (AvgIpc) is 3.25. The average molecular weight is 400 g/mol. The lowest BCUT2D eigenvalue weighted by Gasteiger charge is -2.19. The zero-order chi connectivity index (χ0) is 18.6. The molecule has 2 aromatic heterocycles. The molecule has 0 aromatic carbocycles. The number of aromatic amines is 1. The van der Waals surface area contributed by atoms with Gasteiger partial charge in [-0.1, -0.05) is 11.3 Å². The summed E-state index contributed by atoms with van der Waals surface area (Å²) < 4.78 is 7.15. The first-order chi connectivity index (χ1) is 12.3. The summed E-state index contributed by atoms with van der Waals surface area (Å²) in [4.78, 5) is 41.6. The molecule has 2 aromatic rings. The molecule has 26 heavy (non-hydrogen) atoms. The fourth-order valence-corrected chi connectivity index (χ4v) is 5.34. The highest BCUT2D eigenvalue weighted by Crippen LogP contribution is 2.47. The van der Waals surface area contributed by atoms with Gasteiger partial charge in [0.05, 0.1) is 17.8 Å². The van der Waals surface area contributed by atoms with Crippen molar-refractivity contribution in [2.45, 2.75) is 42.3 Å². The van der Waals surface area contributed by atoms with Crippen LogP contribution >= 0.6 is 23.1 Å². The zero-order valence-corrected chi connectivity index (χ0v) is 15.0. The van der Waals surface area contributed by atoms with Crippen LogP contribution in [0.15, 0.2) is 9.59 Å². The normalized spacial score (nSPS) is 27.0. The van der Waals surface area contributed by atoms with Crippen LogP contribution in [0.3, 0.4) is 0 Å². The Kier molecular flexibility index (Phi) is 4.29. The Labute approximate surface area is 154 Å². The summed E-state index contributed by atoms with van der Waals surface area (Å²) in [5, 5.41) is 18.9. The number of rotatable bonds is 5. The van der Waals surface area contributed by atoms with Gasteiger partial charge in [-0.3, -0.25) is 23.9 Å². The van der Waals surface area contributed by atoms with E-state index in [0.717, 1.165) is 12.8 Å². The summed E-state index contributed by atoms with van der Waals surface area (Å²) in [6.45, 7) is 0. The number of thiazole rings is 1. The number of aliphatic hydroxyl groups excluding tert-OH is 1. The predicted octanol–water partition coefficient (Wildman–Crippen LogP) is -0.0692. The number of carboxylic acid groups (broad SMARTS) is 1. The molecule has 0 radical (unpaired) electrons. The molecule has 3 heterocycles. The smallest absolute Gasteiger partial charge is 0.311 e. The number of nitrogens with one attached hydrogen (secondary N) is 1. The Bertz CT molecular complexity index is 980. The minimum atomic E-state index is -1.05. The van der Waals surface area contributed by atoms with Crippen molar-refractivity contribution in [1.82, 2.24) is 14.5 Å². The van der Waals surface area contributed by atoms with Crippen LogP contribution in [0.4, 0.5) is 5.95 Å². The Hall–Kier alpha value is -1.89. The number of carboxylic acids is 1. The van der Waals surface area contributed by atoms with E-state index in [-0.39, 0.29) is 28.6 Å². The van der Waals surface area contributed by atoms with Gasteiger partial charge in [-0.05, 0) is 18.8 Å². The van der Waals surface area contributed by atoms with Crippen LogP contribution in [-0.4, -0.2) is 47.5 Å². The van der Waals surface area contributed by atoms with Crippen molar-refractivity contribution in [3.05, 3.63) is 20.0 Å². The third-order valence-electron chi connectivity index (χ3n) is 4.41. The summed E-state index contributed by atoms with van der Waals surface area (Å²) in [7, 11) is 0. The molecule has 0 spiro atoms. The van der Waals surface area contributed by atoms with Crippen LogP contribution in [0.25, 0.3) is 10.3 Å². The molecule has 140 valence electrons. The first kappa shape index (κ1) is 17.5. The maximum Gasteiger partial charge on any atom is 0.311 e. The maximum atomic E-state index is 12.5. The minimum Gasteiger partial charge on any atom is -0.481 e. The number of H-pyrrole nitrogens is 1. The van der Waals surface area contributed by atoms with Gasteiger partial charge in [-0.15, -0.1) is 11.8 Å². The molecule has 10 nitrogen and oxygen atoms in total. The highest BCUT2D eigenvalue weighted by atomic mass is 32.2. The van der Waals surface area contributed by atoms with E-state index in [0.29, 0.717) is 11.3 Å². The molecule has 0 amide bonds. The molecule has 4 rings (SSSR count). The van der Waals surface area contributed by atoms with Crippen molar-refractivity contribution in [2.75, 3.05) is 5.73 Å². The van der Waals surface area contributed by atoms with Gasteiger partial charge in [-0.25, -0.2) is 0 Å². The molecular weight excluding hydrogens is 384 g/mol. The molecule has 1 saturated carbocycles. The first-order valence-electron chi connectivity index (χ1n) is 7.96. The summed E-state index contributed by atoms with van der Waals surface area (Å²) in [5.41, 5.74) is 4.46. The number of anilines is 1. The number of hydrogen-bond donors (Lipinski definition) is 4. The van der Waals surface area contributed by atoms with E-state index in [4.69, 9.17) is 10.5 Å². The van der Waals surface area contributed by atoms with Crippen LogP contribution in [0, 0.1) is 5.92 Å². The molecule has 1 saturated heterocycles. The molecule has 12 heteroatoms. The van der Waals surface area contributed by atoms with E-state index in [1.54, 1.807) is 0 Å². The Morgan fingerprint density at radius 1 is 1.46 bits per heavy atom. The lowest BCUT2D eigenvalue weighted by atomic mass is 10.2. The second-order valence-corrected chi connectivity index (χ2v) is 8.64. The van der Waals surface area contributed by atoms with Crippen molar-refractivity contribution < 1.29 is 19.7 Å². The highest BCUT2D eigenvalue weighted by molar-refractivity contribution is 8.00. The molecule has 3 unspecified atom stereocenters. The van der Waals surface area contributed by atoms with Gasteiger partial charge in [0.25, 0.3) is 5.56 Å². The molecule has 5 N–H and O–H groups in total. The van der Waals surface area contributed by atoms with E-state index < -0.39 is 39.4 Å². The van der Waals surface area contributed by atoms with Gasteiger partial charge in [0.1, 0.15) is 10.1 Å². The number of aliphatic carboxylic acids is 1. The van der Waals surface area contributed by atoms with Gasteiger partial charge < -0.3 is 20.7 Å². The molecule has 0 bridgehead atoms. The maximum absolute atomic E-state index is 12.5. The number of aromatic nitrogens is 3. The predicted molar refractivity (Wildman–Crippen MR) is 95.2 cm³/mol. The third kappa shape index (κ3) is 3.02. The van der Waals surface area contributed by atoms with Crippen molar-refractivity contribution in [3.63, 3.8) is 0 Å². The largest absolute Gasteiger partial charge is 0.481 e. The fourth-order valence-electron chi connectivity index (χ4n) is 3.04. The topological polar surface area (TPSA) is 161 Å². The van der Waals surface area contributed by atoms with Crippen molar-refractivity contribution in [3.8, 4) is 0 Å². The molecule has 4 atom stereocenters. The quantitative estimate of drug-likeness (QED) is 0.538. The number of aliphatic hydroxyl groups is 1. The summed E-state index contributed by atoms with van der Waals surface area (Å²) >= 11 is 1.89. The highest BCUT2D eigenvalue weighted by Gasteiger charge is 2.46. The van der Waals surface area contributed by atoms with Crippen LogP contribution in [-0.2, 0) is 9.53 Å². The SMILES string of the molecule is Nc1nc2c(sc(=O)n2C2OC([C@@H](O)C3CC3)SC2CC(=O)O)c(=O)[nH]1. The third-order valence-corrected chi connectivity index (χ3v) is 6.76. The lowest BCUT2D eigenvalue weighted by molar-refractivity contribution is -0.138.